The number of amides is 3. The number of rotatable bonds is 11. The van der Waals surface area contributed by atoms with Crippen molar-refractivity contribution in [3.63, 3.8) is 0 Å². The van der Waals surface area contributed by atoms with Crippen LogP contribution in [0, 0.1) is 11.8 Å². The molecule has 0 aliphatic heterocycles. The Hall–Kier alpha value is -3.88. The number of carboxylic acids is 1. The van der Waals surface area contributed by atoms with Gasteiger partial charge < -0.3 is 25.8 Å². The first kappa shape index (κ1) is 24.3. The van der Waals surface area contributed by atoms with Crippen molar-refractivity contribution in [2.45, 2.75) is 25.2 Å². The molecule has 35 heavy (non-hydrogen) atoms. The van der Waals surface area contributed by atoms with Gasteiger partial charge in [-0.15, -0.1) is 0 Å². The van der Waals surface area contributed by atoms with Crippen molar-refractivity contribution >= 4 is 23.9 Å². The Kier molecular flexibility index (Phi) is 7.64. The van der Waals surface area contributed by atoms with Crippen LogP contribution >= 0.6 is 0 Å². The smallest absolute Gasteiger partial charge is 0.407 e. The second-order valence-electron chi connectivity index (χ2n) is 8.97. The minimum absolute atomic E-state index is 0.0528. The second-order valence-corrected chi connectivity index (χ2v) is 8.97. The predicted molar refractivity (Wildman–Crippen MR) is 128 cm³/mol. The van der Waals surface area contributed by atoms with Gasteiger partial charge in [-0.2, -0.15) is 0 Å². The Balaban J connectivity index is 1.28. The quantitative estimate of drug-likeness (QED) is 0.391. The average molecular weight is 480 g/mol. The third-order valence-corrected chi connectivity index (χ3v) is 6.38. The third-order valence-electron chi connectivity index (χ3n) is 6.38. The summed E-state index contributed by atoms with van der Waals surface area (Å²) in [6.07, 6.45) is 2.08. The molecule has 0 radical (unpaired) electrons. The van der Waals surface area contributed by atoms with Crippen molar-refractivity contribution in [2.24, 2.45) is 11.8 Å². The Morgan fingerprint density at radius 2 is 1.51 bits per heavy atom. The number of fused-ring (bicyclic) bond motifs is 3. The minimum atomic E-state index is -1.16. The number of benzene rings is 2. The zero-order valence-electron chi connectivity index (χ0n) is 19.3. The predicted octanol–water partition coefficient (Wildman–Crippen LogP) is 2.26. The summed E-state index contributed by atoms with van der Waals surface area (Å²) in [5.41, 5.74) is 4.53. The molecule has 3 amide bonds. The van der Waals surface area contributed by atoms with Gasteiger partial charge >= 0.3 is 12.1 Å². The lowest BCUT2D eigenvalue weighted by Gasteiger charge is -2.18. The molecule has 0 spiro atoms. The van der Waals surface area contributed by atoms with Crippen molar-refractivity contribution in [3.05, 3.63) is 59.7 Å². The molecule has 0 saturated heterocycles. The number of hydrogen-bond donors (Lipinski definition) is 4. The van der Waals surface area contributed by atoms with Crippen LogP contribution < -0.4 is 16.0 Å². The zero-order chi connectivity index (χ0) is 24.8. The van der Waals surface area contributed by atoms with E-state index < -0.39 is 30.4 Å². The van der Waals surface area contributed by atoms with Gasteiger partial charge in [-0.25, -0.2) is 4.79 Å². The van der Waals surface area contributed by atoms with Crippen LogP contribution in [0.5, 0.6) is 0 Å². The molecule has 1 fully saturated rings. The molecule has 4 N–H and O–H groups in total. The molecule has 1 atom stereocenters. The van der Waals surface area contributed by atoms with Gasteiger partial charge in [0.25, 0.3) is 0 Å². The van der Waals surface area contributed by atoms with Crippen molar-refractivity contribution in [1.29, 1.82) is 0 Å². The van der Waals surface area contributed by atoms with Crippen molar-refractivity contribution < 1.29 is 29.0 Å². The zero-order valence-corrected chi connectivity index (χ0v) is 19.3. The van der Waals surface area contributed by atoms with E-state index in [2.05, 4.69) is 28.1 Å². The minimum Gasteiger partial charge on any atom is -0.480 e. The fourth-order valence-electron chi connectivity index (χ4n) is 4.44. The van der Waals surface area contributed by atoms with Crippen molar-refractivity contribution in [1.82, 2.24) is 16.0 Å². The van der Waals surface area contributed by atoms with Crippen LogP contribution in [0.4, 0.5) is 4.79 Å². The molecule has 2 aromatic carbocycles. The average Bonchev–Trinajstić information content (AvgIpc) is 3.63. The molecule has 2 aliphatic carbocycles. The normalized spacial score (nSPS) is 14.9. The standard InChI is InChI=1S/C26H29N3O6/c30-23(27-14-24(31)32)13-28-25(33)17(11-16-9-10-16)12-29-26(34)35-15-22-20-7-3-1-5-18(20)19-6-2-4-8-21(19)22/h1-8,16-17,22H,9-15H2,(H,27,30)(H,28,33)(H,29,34)(H,31,32). The van der Waals surface area contributed by atoms with Crippen LogP contribution in [0.1, 0.15) is 36.3 Å². The maximum Gasteiger partial charge on any atom is 0.407 e. The number of nitrogens with one attached hydrogen (secondary N) is 3. The highest BCUT2D eigenvalue weighted by molar-refractivity contribution is 5.87. The molecule has 184 valence electrons. The first-order valence-electron chi connectivity index (χ1n) is 11.8. The van der Waals surface area contributed by atoms with Gasteiger partial charge in [0.2, 0.25) is 11.8 Å². The van der Waals surface area contributed by atoms with Crippen LogP contribution in [0.3, 0.4) is 0 Å². The number of alkyl carbamates (subject to hydrolysis) is 1. The van der Waals surface area contributed by atoms with E-state index in [9.17, 15) is 19.2 Å². The van der Waals surface area contributed by atoms with Gasteiger partial charge in [-0.05, 0) is 34.6 Å². The summed E-state index contributed by atoms with van der Waals surface area (Å²) in [6.45, 7) is -0.555. The molecular weight excluding hydrogens is 450 g/mol. The van der Waals surface area contributed by atoms with Crippen LogP contribution in [0.2, 0.25) is 0 Å². The molecule has 0 heterocycles. The van der Waals surface area contributed by atoms with E-state index in [4.69, 9.17) is 9.84 Å². The first-order valence-corrected chi connectivity index (χ1v) is 11.8. The highest BCUT2D eigenvalue weighted by Crippen LogP contribution is 2.44. The molecule has 0 bridgehead atoms. The highest BCUT2D eigenvalue weighted by Gasteiger charge is 2.31. The molecule has 4 rings (SSSR count). The number of carbonyl (C=O) groups excluding carboxylic acids is 3. The summed E-state index contributed by atoms with van der Waals surface area (Å²) in [5, 5.41) is 16.0. The van der Waals surface area contributed by atoms with Crippen LogP contribution in [-0.4, -0.2) is 55.2 Å². The van der Waals surface area contributed by atoms with Gasteiger partial charge in [-0.3, -0.25) is 14.4 Å². The Labute approximate surface area is 203 Å². The van der Waals surface area contributed by atoms with E-state index in [1.165, 1.54) is 0 Å². The summed E-state index contributed by atoms with van der Waals surface area (Å²) >= 11 is 0. The highest BCUT2D eigenvalue weighted by atomic mass is 16.5. The number of carbonyl (C=O) groups is 4. The van der Waals surface area contributed by atoms with E-state index in [-0.39, 0.29) is 31.5 Å². The maximum atomic E-state index is 12.6. The lowest BCUT2D eigenvalue weighted by Crippen LogP contribution is -2.44. The third kappa shape index (κ3) is 6.38. The fraction of sp³-hybridized carbons (Fsp3) is 0.385. The summed E-state index contributed by atoms with van der Waals surface area (Å²) in [7, 11) is 0. The van der Waals surface area contributed by atoms with Crippen LogP contribution in [0.15, 0.2) is 48.5 Å². The van der Waals surface area contributed by atoms with Gasteiger partial charge in [0.1, 0.15) is 13.2 Å². The number of hydrogen-bond acceptors (Lipinski definition) is 5. The van der Waals surface area contributed by atoms with Gasteiger partial charge in [0, 0.05) is 12.5 Å². The summed E-state index contributed by atoms with van der Waals surface area (Å²) < 4.78 is 5.54. The number of carboxylic acid groups (broad SMARTS) is 1. The lowest BCUT2D eigenvalue weighted by atomic mass is 9.98. The molecule has 2 aliphatic rings. The van der Waals surface area contributed by atoms with E-state index in [0.29, 0.717) is 12.3 Å². The Bertz CT molecular complexity index is 1070. The summed E-state index contributed by atoms with van der Waals surface area (Å²) in [6, 6.07) is 16.2. The molecular formula is C26H29N3O6. The topological polar surface area (TPSA) is 134 Å². The molecule has 1 unspecified atom stereocenters. The van der Waals surface area contributed by atoms with Crippen molar-refractivity contribution in [3.8, 4) is 11.1 Å². The van der Waals surface area contributed by atoms with E-state index >= 15 is 0 Å². The summed E-state index contributed by atoms with van der Waals surface area (Å²) in [4.78, 5) is 47.3. The number of aliphatic carboxylic acids is 1. The summed E-state index contributed by atoms with van der Waals surface area (Å²) in [5.74, 6) is -2.24. The van der Waals surface area contributed by atoms with E-state index in [1.54, 1.807) is 0 Å². The molecule has 9 heteroatoms. The fourth-order valence-corrected chi connectivity index (χ4v) is 4.44. The molecule has 0 aromatic heterocycles. The van der Waals surface area contributed by atoms with E-state index in [1.807, 2.05) is 36.4 Å². The first-order chi connectivity index (χ1) is 16.9. The number of ether oxygens (including phenoxy) is 1. The lowest BCUT2D eigenvalue weighted by molar-refractivity contribution is -0.137. The molecule has 9 nitrogen and oxygen atoms in total. The van der Waals surface area contributed by atoms with Gasteiger partial charge in [-0.1, -0.05) is 61.4 Å². The second kappa shape index (κ2) is 11.0. The monoisotopic (exact) mass is 479 g/mol. The molecule has 1 saturated carbocycles. The van der Waals surface area contributed by atoms with Gasteiger partial charge in [0.05, 0.1) is 12.5 Å². The van der Waals surface area contributed by atoms with E-state index in [0.717, 1.165) is 35.1 Å². The largest absolute Gasteiger partial charge is 0.480 e. The Morgan fingerprint density at radius 3 is 2.11 bits per heavy atom. The van der Waals surface area contributed by atoms with Gasteiger partial charge in [0.15, 0.2) is 0 Å². The Morgan fingerprint density at radius 1 is 0.886 bits per heavy atom. The maximum absolute atomic E-state index is 12.6. The molecule has 2 aromatic rings. The SMILES string of the molecule is O=C(O)CNC(=O)CNC(=O)C(CNC(=O)OCC1c2ccccc2-c2ccccc21)CC1CC1. The van der Waals surface area contributed by atoms with Crippen molar-refractivity contribution in [2.75, 3.05) is 26.2 Å². The van der Waals surface area contributed by atoms with Crippen LogP contribution in [0.25, 0.3) is 11.1 Å². The van der Waals surface area contributed by atoms with Crippen LogP contribution in [-0.2, 0) is 19.1 Å².